The Bertz CT molecular complexity index is 3300. The molecule has 0 aliphatic carbocycles. The Morgan fingerprint density at radius 1 is 0.328 bits per heavy atom. The van der Waals surface area contributed by atoms with E-state index in [0.717, 1.165) is 4.47 Å². The molecule has 9 aromatic carbocycles. The molecule has 2 aromatic heterocycles. The smallest absolute Gasteiger partial charge is 0.0619 e. The van der Waals surface area contributed by atoms with Crippen LogP contribution in [0.3, 0.4) is 0 Å². The molecule has 0 aliphatic rings. The van der Waals surface area contributed by atoms with Crippen LogP contribution in [-0.2, 0) is 10.8 Å². The molecule has 0 N–H and O–H groups in total. The van der Waals surface area contributed by atoms with Crippen molar-refractivity contribution in [3.05, 3.63) is 192 Å². The maximum absolute atomic E-state index is 4.27. The molecule has 0 unspecified atom stereocenters. The quantitative estimate of drug-likeness (QED) is 0.167. The molecule has 296 valence electrons. The molecule has 0 fully saturated rings. The normalized spacial score (nSPS) is 12.5. The Labute approximate surface area is 365 Å². The molecule has 0 aliphatic heterocycles. The molecule has 0 saturated carbocycles. The topological polar surface area (TPSA) is 9.86 Å². The van der Waals surface area contributed by atoms with Gasteiger partial charge in [-0.2, -0.15) is 0 Å². The summed E-state index contributed by atoms with van der Waals surface area (Å²) in [4.78, 5) is 0. The van der Waals surface area contributed by atoms with E-state index < -0.39 is 0 Å². The van der Waals surface area contributed by atoms with Crippen LogP contribution < -0.4 is 0 Å². The number of rotatable bonds is 4. The van der Waals surface area contributed by atoms with Crippen LogP contribution in [0.15, 0.2) is 180 Å². The van der Waals surface area contributed by atoms with E-state index in [0.29, 0.717) is 0 Å². The lowest BCUT2D eigenvalue weighted by atomic mass is 9.87. The zero-order valence-corrected chi connectivity index (χ0v) is 37.1. The van der Waals surface area contributed by atoms with Crippen LogP contribution in [-0.4, -0.2) is 9.13 Å². The minimum Gasteiger partial charge on any atom is -0.309 e. The van der Waals surface area contributed by atoms with E-state index in [2.05, 4.69) is 243 Å². The summed E-state index contributed by atoms with van der Waals surface area (Å²) in [6, 6.07) is 65.6. The third kappa shape index (κ3) is 5.89. The van der Waals surface area contributed by atoms with Crippen molar-refractivity contribution in [3.63, 3.8) is 0 Å². The Hall–Kier alpha value is -6.42. The van der Waals surface area contributed by atoms with Crippen molar-refractivity contribution in [2.45, 2.75) is 52.4 Å². The molecule has 0 atom stereocenters. The first-order valence-electron chi connectivity index (χ1n) is 21.4. The Morgan fingerprint density at radius 2 is 0.672 bits per heavy atom. The predicted octanol–water partition coefficient (Wildman–Crippen LogP) is 16.9. The number of aromatic nitrogens is 2. The summed E-state index contributed by atoms with van der Waals surface area (Å²) in [5.41, 5.74) is 14.8. The van der Waals surface area contributed by atoms with Crippen molar-refractivity contribution in [2.24, 2.45) is 0 Å². The lowest BCUT2D eigenvalue weighted by Crippen LogP contribution is -2.10. The molecule has 0 spiro atoms. The Kier molecular flexibility index (Phi) is 8.50. The number of fused-ring (bicyclic) bond motifs is 10. The van der Waals surface area contributed by atoms with E-state index in [1.807, 2.05) is 0 Å². The number of hydrogen-bond acceptors (Lipinski definition) is 0. The van der Waals surface area contributed by atoms with Crippen LogP contribution in [0.25, 0.3) is 98.8 Å². The van der Waals surface area contributed by atoms with Crippen LogP contribution in [0.1, 0.15) is 52.7 Å². The zero-order valence-electron chi connectivity index (χ0n) is 35.5. The maximum atomic E-state index is 4.27. The molecule has 2 nitrogen and oxygen atoms in total. The van der Waals surface area contributed by atoms with Crippen molar-refractivity contribution in [2.75, 3.05) is 0 Å². The fraction of sp³-hybridized carbons (Fsp3) is 0.138. The van der Waals surface area contributed by atoms with Gasteiger partial charge in [-0.15, -0.1) is 0 Å². The molecule has 0 radical (unpaired) electrons. The van der Waals surface area contributed by atoms with Gasteiger partial charge in [0.2, 0.25) is 0 Å². The van der Waals surface area contributed by atoms with Gasteiger partial charge in [-0.3, -0.25) is 0 Å². The number of para-hydroxylation sites is 2. The minimum atomic E-state index is 0.0821. The second-order valence-corrected chi connectivity index (χ2v) is 19.5. The Balaban J connectivity index is 1.15. The van der Waals surface area contributed by atoms with Gasteiger partial charge in [-0.05, 0) is 119 Å². The van der Waals surface area contributed by atoms with Crippen LogP contribution >= 0.6 is 15.9 Å². The molecule has 0 amide bonds. The maximum Gasteiger partial charge on any atom is 0.0619 e. The van der Waals surface area contributed by atoms with E-state index in [-0.39, 0.29) is 10.8 Å². The second-order valence-electron chi connectivity index (χ2n) is 18.7. The third-order valence-electron chi connectivity index (χ3n) is 12.9. The highest BCUT2D eigenvalue weighted by atomic mass is 79.9. The molecule has 3 heteroatoms. The summed E-state index contributed by atoms with van der Waals surface area (Å²) < 4.78 is 6.02. The predicted molar refractivity (Wildman–Crippen MR) is 266 cm³/mol. The molecular weight excluding hydrogens is 805 g/mol. The molecule has 11 rings (SSSR count). The Morgan fingerprint density at radius 3 is 1.05 bits per heavy atom. The van der Waals surface area contributed by atoms with Crippen molar-refractivity contribution in [3.8, 4) is 33.6 Å². The van der Waals surface area contributed by atoms with Gasteiger partial charge >= 0.3 is 0 Å². The first-order chi connectivity index (χ1) is 29.5. The first-order valence-corrected chi connectivity index (χ1v) is 22.2. The fourth-order valence-corrected chi connectivity index (χ4v) is 10.5. The number of nitrogens with zero attached hydrogens (tertiary/aromatic N) is 2. The lowest BCUT2D eigenvalue weighted by Gasteiger charge is -2.20. The average Bonchev–Trinajstić information content (AvgIpc) is 3.79. The van der Waals surface area contributed by atoms with Gasteiger partial charge in [0.15, 0.2) is 0 Å². The van der Waals surface area contributed by atoms with E-state index in [9.17, 15) is 0 Å². The zero-order chi connectivity index (χ0) is 41.8. The fourth-order valence-electron chi connectivity index (χ4n) is 9.80. The van der Waals surface area contributed by atoms with Crippen molar-refractivity contribution in [1.29, 1.82) is 0 Å². The highest BCUT2D eigenvalue weighted by Gasteiger charge is 2.23. The number of halogens is 1. The highest BCUT2D eigenvalue weighted by Crippen LogP contribution is 2.48. The van der Waals surface area contributed by atoms with Crippen LogP contribution in [0.2, 0.25) is 0 Å². The van der Waals surface area contributed by atoms with E-state index in [1.54, 1.807) is 0 Å². The second kappa shape index (κ2) is 13.8. The first kappa shape index (κ1) is 37.6. The standard InChI is InChI=1S/C58H47BrN2/c1-57(2,3)36-26-30-38(31-27-36)60-52-24-13-11-18-42(52)50-34-48(40-16-7-9-20-46(40)55(50)60)44-22-15-23-45(54(44)59)49-35-51-43-19-12-14-25-53(43)61(56(51)47-21-10-8-17-41(47)49)39-32-28-37(29-33-39)58(4,5)6/h7-35H,1-6H3. The van der Waals surface area contributed by atoms with Crippen molar-refractivity contribution >= 4 is 81.1 Å². The SMILES string of the molecule is CC(C)(C)c1ccc(-n2c3ccccc3c3cc(-c4cccc(-c5cc6c7ccccc7n(-c7ccc(C(C)(C)C)cc7)c6c6ccccc56)c4Br)c4ccccc4c32)cc1. The molecule has 61 heavy (non-hydrogen) atoms. The van der Waals surface area contributed by atoms with Gasteiger partial charge in [0, 0.05) is 48.2 Å². The summed E-state index contributed by atoms with van der Waals surface area (Å²) in [5.74, 6) is 0. The molecular formula is C58H47BrN2. The summed E-state index contributed by atoms with van der Waals surface area (Å²) in [5, 5.41) is 9.91. The van der Waals surface area contributed by atoms with E-state index >= 15 is 0 Å². The lowest BCUT2D eigenvalue weighted by molar-refractivity contribution is 0.590. The molecule has 11 aromatic rings. The third-order valence-corrected chi connectivity index (χ3v) is 13.8. The summed E-state index contributed by atoms with van der Waals surface area (Å²) in [7, 11) is 0. The minimum absolute atomic E-state index is 0.0821. The van der Waals surface area contributed by atoms with Crippen molar-refractivity contribution < 1.29 is 0 Å². The van der Waals surface area contributed by atoms with Crippen LogP contribution in [0, 0.1) is 0 Å². The van der Waals surface area contributed by atoms with Gasteiger partial charge in [0.1, 0.15) is 0 Å². The molecule has 0 saturated heterocycles. The van der Waals surface area contributed by atoms with Crippen molar-refractivity contribution in [1.82, 2.24) is 9.13 Å². The van der Waals surface area contributed by atoms with Gasteiger partial charge < -0.3 is 9.13 Å². The monoisotopic (exact) mass is 850 g/mol. The molecule has 2 heterocycles. The summed E-state index contributed by atoms with van der Waals surface area (Å²) >= 11 is 4.27. The van der Waals surface area contributed by atoms with Crippen LogP contribution in [0.5, 0.6) is 0 Å². The van der Waals surface area contributed by atoms with E-state index in [1.165, 1.54) is 110 Å². The molecule has 0 bridgehead atoms. The number of hydrogen-bond donors (Lipinski definition) is 0. The summed E-state index contributed by atoms with van der Waals surface area (Å²) in [6.45, 7) is 13.7. The van der Waals surface area contributed by atoms with Gasteiger partial charge in [0.05, 0.1) is 22.1 Å². The van der Waals surface area contributed by atoms with Gasteiger partial charge in [-0.1, -0.05) is 169 Å². The van der Waals surface area contributed by atoms with Gasteiger partial charge in [-0.25, -0.2) is 0 Å². The van der Waals surface area contributed by atoms with E-state index in [4.69, 9.17) is 0 Å². The van der Waals surface area contributed by atoms with Gasteiger partial charge in [0.25, 0.3) is 0 Å². The van der Waals surface area contributed by atoms with Crippen LogP contribution in [0.4, 0.5) is 0 Å². The highest BCUT2D eigenvalue weighted by molar-refractivity contribution is 9.10. The average molecular weight is 852 g/mol. The summed E-state index contributed by atoms with van der Waals surface area (Å²) in [6.07, 6.45) is 0. The number of benzene rings is 9. The largest absolute Gasteiger partial charge is 0.309 e.